The minimum atomic E-state index is -1.00. The third kappa shape index (κ3) is 2.95. The number of carbonyl (C=O) groups excluding carboxylic acids is 1. The van der Waals surface area contributed by atoms with Gasteiger partial charge in [-0.25, -0.2) is 8.78 Å². The Hall–Kier alpha value is -3.46. The van der Waals surface area contributed by atoms with Gasteiger partial charge >= 0.3 is 0 Å². The molecule has 2 N–H and O–H groups in total. The van der Waals surface area contributed by atoms with Crippen molar-refractivity contribution < 1.29 is 18.3 Å². The molecule has 2 unspecified atom stereocenters. The van der Waals surface area contributed by atoms with Crippen molar-refractivity contribution in [2.45, 2.75) is 24.7 Å². The van der Waals surface area contributed by atoms with Crippen LogP contribution in [0.25, 0.3) is 0 Å². The van der Waals surface area contributed by atoms with Crippen molar-refractivity contribution in [3.8, 4) is 6.07 Å². The lowest BCUT2D eigenvalue weighted by atomic mass is 9.73. The fraction of sp³-hybridized carbons (Fsp3) is 0.182. The molecule has 2 atom stereocenters. The number of benzene rings is 2. The Morgan fingerprint density at radius 2 is 1.86 bits per heavy atom. The van der Waals surface area contributed by atoms with Gasteiger partial charge in [-0.3, -0.25) is 4.79 Å². The molecule has 0 saturated heterocycles. The summed E-state index contributed by atoms with van der Waals surface area (Å²) < 4.78 is 33.5. The lowest BCUT2D eigenvalue weighted by molar-refractivity contribution is -0.117. The van der Waals surface area contributed by atoms with Crippen LogP contribution in [0, 0.1) is 23.0 Å². The summed E-state index contributed by atoms with van der Waals surface area (Å²) in [6, 6.07) is 14.5. The van der Waals surface area contributed by atoms with Crippen LogP contribution in [0.5, 0.6) is 0 Å². The highest BCUT2D eigenvalue weighted by atomic mass is 19.1. The van der Waals surface area contributed by atoms with Gasteiger partial charge in [0.2, 0.25) is 5.88 Å². The first-order valence-electron chi connectivity index (χ1n) is 8.83. The van der Waals surface area contributed by atoms with Crippen LogP contribution in [0.4, 0.5) is 8.78 Å². The molecule has 0 radical (unpaired) electrons. The zero-order valence-electron chi connectivity index (χ0n) is 14.8. The molecule has 28 heavy (non-hydrogen) atoms. The van der Waals surface area contributed by atoms with E-state index in [1.54, 1.807) is 0 Å². The number of nitriles is 1. The van der Waals surface area contributed by atoms with Gasteiger partial charge in [-0.15, -0.1) is 0 Å². The van der Waals surface area contributed by atoms with E-state index in [1.165, 1.54) is 6.07 Å². The number of rotatable bonds is 2. The molecule has 1 aliphatic heterocycles. The molecule has 2 aliphatic rings. The predicted octanol–water partition coefficient (Wildman–Crippen LogP) is 4.17. The van der Waals surface area contributed by atoms with Crippen molar-refractivity contribution in [3.05, 3.63) is 94.1 Å². The van der Waals surface area contributed by atoms with Gasteiger partial charge in [0.25, 0.3) is 0 Å². The number of nitrogens with two attached hydrogens (primary N) is 1. The van der Waals surface area contributed by atoms with Crippen LogP contribution >= 0.6 is 0 Å². The van der Waals surface area contributed by atoms with Crippen molar-refractivity contribution in [2.75, 3.05) is 0 Å². The topological polar surface area (TPSA) is 76.1 Å². The molecular weight excluding hydrogens is 362 g/mol. The molecule has 140 valence electrons. The number of allylic oxidation sites excluding steroid dienone is 3. The van der Waals surface area contributed by atoms with E-state index in [1.807, 2.05) is 36.4 Å². The molecule has 6 heteroatoms. The van der Waals surface area contributed by atoms with E-state index in [0.717, 1.165) is 17.7 Å². The molecule has 2 aromatic rings. The predicted molar refractivity (Wildman–Crippen MR) is 97.5 cm³/mol. The van der Waals surface area contributed by atoms with Crippen molar-refractivity contribution in [2.24, 2.45) is 5.73 Å². The minimum absolute atomic E-state index is 0.0308. The first-order valence-corrected chi connectivity index (χ1v) is 8.83. The Kier molecular flexibility index (Phi) is 4.44. The third-order valence-corrected chi connectivity index (χ3v) is 5.21. The molecule has 2 aromatic carbocycles. The maximum Gasteiger partial charge on any atom is 0.205 e. The summed E-state index contributed by atoms with van der Waals surface area (Å²) in [6.07, 6.45) is 0.619. The second kappa shape index (κ2) is 6.93. The normalized spacial score (nSPS) is 21.8. The lowest BCUT2D eigenvalue weighted by Gasteiger charge is -2.34. The maximum atomic E-state index is 14.5. The van der Waals surface area contributed by atoms with Crippen molar-refractivity contribution in [3.63, 3.8) is 0 Å². The van der Waals surface area contributed by atoms with Gasteiger partial charge in [-0.1, -0.05) is 36.4 Å². The summed E-state index contributed by atoms with van der Waals surface area (Å²) in [5.41, 5.74) is 7.13. The zero-order valence-corrected chi connectivity index (χ0v) is 14.8. The summed E-state index contributed by atoms with van der Waals surface area (Å²) in [7, 11) is 0. The number of halogens is 2. The zero-order chi connectivity index (χ0) is 19.8. The molecule has 4 rings (SSSR count). The minimum Gasteiger partial charge on any atom is -0.444 e. The number of hydrogen-bond acceptors (Lipinski definition) is 4. The molecule has 0 spiro atoms. The second-order valence-electron chi connectivity index (χ2n) is 6.87. The van der Waals surface area contributed by atoms with Gasteiger partial charge in [-0.05, 0) is 17.5 Å². The van der Waals surface area contributed by atoms with Gasteiger partial charge in [0, 0.05) is 30.0 Å². The highest BCUT2D eigenvalue weighted by molar-refractivity contribution is 6.00. The van der Waals surface area contributed by atoms with Crippen LogP contribution in [0.15, 0.2) is 71.3 Å². The number of Topliss-reactive ketones (excluding diaryl/α,β-unsaturated/α-hetero) is 1. The average Bonchev–Trinajstić information content (AvgIpc) is 2.67. The van der Waals surface area contributed by atoms with E-state index in [0.29, 0.717) is 12.2 Å². The van der Waals surface area contributed by atoms with Gasteiger partial charge < -0.3 is 10.5 Å². The molecule has 4 nitrogen and oxygen atoms in total. The number of nitrogens with zero attached hydrogens (tertiary/aromatic N) is 1. The van der Waals surface area contributed by atoms with Gasteiger partial charge in [0.15, 0.2) is 5.78 Å². The second-order valence-corrected chi connectivity index (χ2v) is 6.87. The summed E-state index contributed by atoms with van der Waals surface area (Å²) in [4.78, 5) is 13.0. The van der Waals surface area contributed by atoms with Crippen LogP contribution in [0.2, 0.25) is 0 Å². The Labute approximate surface area is 160 Å². The maximum absolute atomic E-state index is 14.5. The van der Waals surface area contributed by atoms with E-state index < -0.39 is 17.6 Å². The standard InChI is InChI=1S/C22H16F2N2O2/c23-14-6-7-15(17(24)10-14)20-16(11-25)22(26)28-19-9-13(8-18(27)21(19)20)12-4-2-1-3-5-12/h1-7,10,13,20H,8-9,26H2. The van der Waals surface area contributed by atoms with Crippen LogP contribution in [0.1, 0.15) is 35.8 Å². The number of ketones is 1. The van der Waals surface area contributed by atoms with Gasteiger partial charge in [0.1, 0.15) is 29.0 Å². The van der Waals surface area contributed by atoms with E-state index in [9.17, 15) is 18.8 Å². The van der Waals surface area contributed by atoms with Crippen LogP contribution < -0.4 is 5.73 Å². The first kappa shape index (κ1) is 17.9. The van der Waals surface area contributed by atoms with E-state index in [4.69, 9.17) is 10.5 Å². The third-order valence-electron chi connectivity index (χ3n) is 5.21. The Morgan fingerprint density at radius 1 is 1.11 bits per heavy atom. The van der Waals surface area contributed by atoms with Gasteiger partial charge in [-0.2, -0.15) is 5.26 Å². The van der Waals surface area contributed by atoms with Gasteiger partial charge in [0.05, 0.1) is 5.92 Å². The Bertz CT molecular complexity index is 1070. The Morgan fingerprint density at radius 3 is 2.54 bits per heavy atom. The fourth-order valence-corrected chi connectivity index (χ4v) is 3.92. The van der Waals surface area contributed by atoms with Crippen molar-refractivity contribution >= 4 is 5.78 Å². The highest BCUT2D eigenvalue weighted by Gasteiger charge is 2.41. The van der Waals surface area contributed by atoms with Crippen LogP contribution in [-0.2, 0) is 9.53 Å². The smallest absolute Gasteiger partial charge is 0.205 e. The van der Waals surface area contributed by atoms with E-state index in [-0.39, 0.29) is 40.7 Å². The summed E-state index contributed by atoms with van der Waals surface area (Å²) >= 11 is 0. The largest absolute Gasteiger partial charge is 0.444 e. The molecular formula is C22H16F2N2O2. The van der Waals surface area contributed by atoms with E-state index >= 15 is 0 Å². The molecule has 0 aromatic heterocycles. The molecule has 0 saturated carbocycles. The average molecular weight is 378 g/mol. The summed E-state index contributed by atoms with van der Waals surface area (Å²) in [5.74, 6) is -2.72. The Balaban J connectivity index is 1.82. The molecule has 1 heterocycles. The molecule has 0 amide bonds. The van der Waals surface area contributed by atoms with Crippen molar-refractivity contribution in [1.29, 1.82) is 5.26 Å². The number of ether oxygens (including phenoxy) is 1. The molecule has 0 fully saturated rings. The monoisotopic (exact) mass is 378 g/mol. The van der Waals surface area contributed by atoms with Crippen LogP contribution in [0.3, 0.4) is 0 Å². The van der Waals surface area contributed by atoms with E-state index in [2.05, 4.69) is 0 Å². The SMILES string of the molecule is N#CC1=C(N)OC2=C(C(=O)CC(c3ccccc3)C2)C1c1ccc(F)cc1F. The highest BCUT2D eigenvalue weighted by Crippen LogP contribution is 2.47. The number of carbonyl (C=O) groups is 1. The lowest BCUT2D eigenvalue weighted by Crippen LogP contribution is -2.30. The first-order chi connectivity index (χ1) is 13.5. The summed E-state index contributed by atoms with van der Waals surface area (Å²) in [6.45, 7) is 0. The quantitative estimate of drug-likeness (QED) is 0.851. The number of hydrogen-bond donors (Lipinski definition) is 1. The molecule has 1 aliphatic carbocycles. The fourth-order valence-electron chi connectivity index (χ4n) is 3.92. The summed E-state index contributed by atoms with van der Waals surface area (Å²) in [5, 5.41) is 9.55. The van der Waals surface area contributed by atoms with Crippen molar-refractivity contribution in [1.82, 2.24) is 0 Å². The van der Waals surface area contributed by atoms with Crippen LogP contribution in [-0.4, -0.2) is 5.78 Å². The molecule has 0 bridgehead atoms.